The molecule has 0 fully saturated rings. The van der Waals surface area contributed by atoms with E-state index in [9.17, 15) is 4.79 Å². The lowest BCUT2D eigenvalue weighted by atomic mass is 10.1. The molecule has 28 heavy (non-hydrogen) atoms. The molecular weight excluding hydrogens is 418 g/mol. The Balaban J connectivity index is 2.09. The van der Waals surface area contributed by atoms with Gasteiger partial charge in [-0.1, -0.05) is 41.9 Å². The molecule has 0 saturated carbocycles. The molecule has 0 radical (unpaired) electrons. The Morgan fingerprint density at radius 2 is 2.00 bits per heavy atom. The van der Waals surface area contributed by atoms with Crippen LogP contribution in [0.15, 0.2) is 56.8 Å². The fourth-order valence-electron chi connectivity index (χ4n) is 2.84. The quantitative estimate of drug-likeness (QED) is 0.484. The van der Waals surface area contributed by atoms with Gasteiger partial charge in [0, 0.05) is 10.4 Å². The number of hydrogen-bond donors (Lipinski definition) is 0. The Hall–Kier alpha value is -2.47. The van der Waals surface area contributed by atoms with E-state index in [1.807, 2.05) is 50.2 Å². The third kappa shape index (κ3) is 4.50. The van der Waals surface area contributed by atoms with Crippen LogP contribution in [0.5, 0.6) is 5.75 Å². The zero-order valence-corrected chi connectivity index (χ0v) is 18.1. The second-order valence-electron chi connectivity index (χ2n) is 7.04. The van der Waals surface area contributed by atoms with E-state index in [1.54, 1.807) is 12.3 Å². The number of hydrogen-bond acceptors (Lipinski definition) is 4. The van der Waals surface area contributed by atoms with Crippen molar-refractivity contribution in [2.24, 2.45) is 5.10 Å². The maximum Gasteiger partial charge on any atom is 0.282 e. The van der Waals surface area contributed by atoms with Crippen LogP contribution in [0.25, 0.3) is 10.9 Å². The highest BCUT2D eigenvalue weighted by molar-refractivity contribution is 9.10. The van der Waals surface area contributed by atoms with Gasteiger partial charge < -0.3 is 4.74 Å². The zero-order valence-electron chi connectivity index (χ0n) is 16.5. The van der Waals surface area contributed by atoms with Crippen molar-refractivity contribution < 1.29 is 4.74 Å². The van der Waals surface area contributed by atoms with Gasteiger partial charge in [-0.05, 0) is 56.2 Å². The predicted molar refractivity (Wildman–Crippen MR) is 118 cm³/mol. The van der Waals surface area contributed by atoms with Gasteiger partial charge in [-0.2, -0.15) is 9.78 Å². The predicted octanol–water partition coefficient (Wildman–Crippen LogP) is 5.34. The van der Waals surface area contributed by atoms with E-state index in [4.69, 9.17) is 9.72 Å². The van der Waals surface area contributed by atoms with Crippen molar-refractivity contribution in [3.8, 4) is 5.75 Å². The van der Waals surface area contributed by atoms with Crippen LogP contribution >= 0.6 is 15.9 Å². The van der Waals surface area contributed by atoms with E-state index in [1.165, 1.54) is 4.68 Å². The van der Waals surface area contributed by atoms with Gasteiger partial charge in [0.05, 0.1) is 23.2 Å². The summed E-state index contributed by atoms with van der Waals surface area (Å²) < 4.78 is 7.99. The molecule has 0 bridgehead atoms. The van der Waals surface area contributed by atoms with Crippen LogP contribution in [0.2, 0.25) is 0 Å². The number of benzene rings is 2. The smallest absolute Gasteiger partial charge is 0.282 e. The Kier molecular flexibility index (Phi) is 6.29. The molecule has 0 unspecified atom stereocenters. The van der Waals surface area contributed by atoms with Crippen LogP contribution < -0.4 is 10.3 Å². The van der Waals surface area contributed by atoms with Gasteiger partial charge >= 0.3 is 0 Å². The van der Waals surface area contributed by atoms with E-state index in [2.05, 4.69) is 34.9 Å². The van der Waals surface area contributed by atoms with Crippen LogP contribution in [-0.2, 0) is 0 Å². The SMILES string of the molecule is CC[C@H](C)c1nc2ccc(Br)cc2c(=O)n1N=Cc1cccc(OC(C)C)c1. The van der Waals surface area contributed by atoms with Crippen LogP contribution in [0.1, 0.15) is 51.4 Å². The summed E-state index contributed by atoms with van der Waals surface area (Å²) in [6.45, 7) is 8.09. The van der Waals surface area contributed by atoms with Crippen molar-refractivity contribution in [2.75, 3.05) is 0 Å². The minimum absolute atomic E-state index is 0.0925. The zero-order chi connectivity index (χ0) is 20.3. The first kappa shape index (κ1) is 20.3. The number of fused-ring (bicyclic) bond motifs is 1. The fourth-order valence-corrected chi connectivity index (χ4v) is 3.20. The lowest BCUT2D eigenvalue weighted by Crippen LogP contribution is -2.23. The molecule has 146 valence electrons. The third-order valence-corrected chi connectivity index (χ3v) is 4.93. The molecule has 3 rings (SSSR count). The second-order valence-corrected chi connectivity index (χ2v) is 7.96. The Labute approximate surface area is 173 Å². The third-order valence-electron chi connectivity index (χ3n) is 4.44. The Morgan fingerprint density at radius 1 is 1.21 bits per heavy atom. The van der Waals surface area contributed by atoms with Gasteiger partial charge in [0.25, 0.3) is 5.56 Å². The van der Waals surface area contributed by atoms with Crippen LogP contribution in [-0.4, -0.2) is 22.0 Å². The maximum atomic E-state index is 13.1. The summed E-state index contributed by atoms with van der Waals surface area (Å²) in [6, 6.07) is 13.2. The van der Waals surface area contributed by atoms with Crippen LogP contribution in [0, 0.1) is 0 Å². The molecule has 0 aliphatic heterocycles. The molecule has 0 aliphatic carbocycles. The molecule has 2 aromatic carbocycles. The Bertz CT molecular complexity index is 1070. The van der Waals surface area contributed by atoms with E-state index in [0.29, 0.717) is 16.7 Å². The number of nitrogens with zero attached hydrogens (tertiary/aromatic N) is 3. The topological polar surface area (TPSA) is 56.5 Å². The largest absolute Gasteiger partial charge is 0.491 e. The highest BCUT2D eigenvalue weighted by Gasteiger charge is 2.15. The Morgan fingerprint density at radius 3 is 2.71 bits per heavy atom. The second kappa shape index (κ2) is 8.69. The molecular formula is C22H24BrN3O2. The molecule has 0 spiro atoms. The minimum atomic E-state index is -0.174. The molecule has 0 amide bonds. The summed E-state index contributed by atoms with van der Waals surface area (Å²) in [7, 11) is 0. The standard InChI is InChI=1S/C22H24BrN3O2/c1-5-15(4)21-25-20-10-9-17(23)12-19(20)22(27)26(21)24-13-16-7-6-8-18(11-16)28-14(2)3/h6-15H,5H2,1-4H3/t15-/m0/s1. The summed E-state index contributed by atoms with van der Waals surface area (Å²) in [5, 5.41) is 5.03. The molecule has 0 N–H and O–H groups in total. The van der Waals surface area contributed by atoms with Gasteiger partial charge in [0.15, 0.2) is 0 Å². The summed E-state index contributed by atoms with van der Waals surface area (Å²) in [5.74, 6) is 1.54. The molecule has 1 atom stereocenters. The van der Waals surface area contributed by atoms with Crippen molar-refractivity contribution in [3.63, 3.8) is 0 Å². The molecule has 1 aromatic heterocycles. The highest BCUT2D eigenvalue weighted by Crippen LogP contribution is 2.21. The van der Waals surface area contributed by atoms with Crippen LogP contribution in [0.3, 0.4) is 0 Å². The van der Waals surface area contributed by atoms with E-state index < -0.39 is 0 Å². The summed E-state index contributed by atoms with van der Waals surface area (Å²) in [5.41, 5.74) is 1.37. The highest BCUT2D eigenvalue weighted by atomic mass is 79.9. The average Bonchev–Trinajstić information content (AvgIpc) is 2.66. The number of aromatic nitrogens is 2. The van der Waals surface area contributed by atoms with Crippen LogP contribution in [0.4, 0.5) is 0 Å². The van der Waals surface area contributed by atoms with Crippen molar-refractivity contribution in [1.29, 1.82) is 0 Å². The first-order valence-electron chi connectivity index (χ1n) is 9.42. The first-order chi connectivity index (χ1) is 13.4. The minimum Gasteiger partial charge on any atom is -0.491 e. The summed E-state index contributed by atoms with van der Waals surface area (Å²) in [6.07, 6.45) is 2.63. The molecule has 3 aromatic rings. The summed E-state index contributed by atoms with van der Waals surface area (Å²) in [4.78, 5) is 17.8. The number of rotatable bonds is 6. The van der Waals surface area contributed by atoms with E-state index in [-0.39, 0.29) is 17.6 Å². The normalized spacial score (nSPS) is 12.8. The van der Waals surface area contributed by atoms with Crippen molar-refractivity contribution in [3.05, 3.63) is 68.7 Å². The van der Waals surface area contributed by atoms with Gasteiger partial charge in [-0.15, -0.1) is 0 Å². The number of halogens is 1. The average molecular weight is 442 g/mol. The lowest BCUT2D eigenvalue weighted by molar-refractivity contribution is 0.242. The van der Waals surface area contributed by atoms with Gasteiger partial charge in [-0.3, -0.25) is 4.79 Å². The van der Waals surface area contributed by atoms with Gasteiger partial charge in [0.1, 0.15) is 11.6 Å². The maximum absolute atomic E-state index is 13.1. The van der Waals surface area contributed by atoms with Crippen molar-refractivity contribution >= 4 is 33.0 Å². The fraction of sp³-hybridized carbons (Fsp3) is 0.318. The molecule has 5 nitrogen and oxygen atoms in total. The monoisotopic (exact) mass is 441 g/mol. The van der Waals surface area contributed by atoms with Gasteiger partial charge in [-0.25, -0.2) is 4.98 Å². The molecule has 6 heteroatoms. The van der Waals surface area contributed by atoms with Crippen molar-refractivity contribution in [2.45, 2.75) is 46.1 Å². The van der Waals surface area contributed by atoms with E-state index >= 15 is 0 Å². The van der Waals surface area contributed by atoms with Gasteiger partial charge in [0.2, 0.25) is 0 Å². The van der Waals surface area contributed by atoms with Crippen molar-refractivity contribution in [1.82, 2.24) is 9.66 Å². The molecule has 1 heterocycles. The molecule has 0 saturated heterocycles. The number of ether oxygens (including phenoxy) is 1. The lowest BCUT2D eigenvalue weighted by Gasteiger charge is -2.14. The molecule has 0 aliphatic rings. The summed E-state index contributed by atoms with van der Waals surface area (Å²) >= 11 is 3.43. The van der Waals surface area contributed by atoms with E-state index in [0.717, 1.165) is 22.2 Å². The first-order valence-corrected chi connectivity index (χ1v) is 10.2.